The van der Waals surface area contributed by atoms with Gasteiger partial charge in [0.05, 0.1) is 0 Å². The number of hydrogen-bond acceptors (Lipinski definition) is 3. The van der Waals surface area contributed by atoms with Crippen LogP contribution in [0.5, 0.6) is 5.75 Å². The molecule has 0 aliphatic carbocycles. The van der Waals surface area contributed by atoms with Gasteiger partial charge in [0.1, 0.15) is 12.4 Å². The topological polar surface area (TPSA) is 21.3 Å². The molecule has 0 atom stereocenters. The second kappa shape index (κ2) is 7.22. The third kappa shape index (κ3) is 4.01. The minimum atomic E-state index is 0.609. The molecule has 0 bridgehead atoms. The quantitative estimate of drug-likeness (QED) is 0.811. The summed E-state index contributed by atoms with van der Waals surface area (Å²) in [7, 11) is 1.95. The Hall–Kier alpha value is -1.45. The number of ether oxygens (including phenoxy) is 1. The summed E-state index contributed by atoms with van der Waals surface area (Å²) in [6.45, 7) is 1.51. The normalized spacial score (nSPS) is 10.4. The highest BCUT2D eigenvalue weighted by molar-refractivity contribution is 7.98. The summed E-state index contributed by atoms with van der Waals surface area (Å²) in [6, 6.07) is 16.6. The number of benzene rings is 2. The molecule has 0 aliphatic rings. The summed E-state index contributed by atoms with van der Waals surface area (Å²) in [6.07, 6.45) is 2.06. The molecule has 2 nitrogen and oxygen atoms in total. The van der Waals surface area contributed by atoms with E-state index in [0.717, 1.165) is 12.3 Å². The first-order valence-electron chi connectivity index (χ1n) is 6.31. The van der Waals surface area contributed by atoms with Crippen molar-refractivity contribution in [2.45, 2.75) is 18.0 Å². The molecule has 100 valence electrons. The van der Waals surface area contributed by atoms with Gasteiger partial charge in [-0.25, -0.2) is 0 Å². The summed E-state index contributed by atoms with van der Waals surface area (Å²) in [5, 5.41) is 3.14. The monoisotopic (exact) mass is 273 g/mol. The van der Waals surface area contributed by atoms with E-state index in [9.17, 15) is 0 Å². The third-order valence-electron chi connectivity index (χ3n) is 2.87. The zero-order chi connectivity index (χ0) is 13.5. The Morgan fingerprint density at radius 2 is 1.68 bits per heavy atom. The van der Waals surface area contributed by atoms with Crippen molar-refractivity contribution in [1.82, 2.24) is 5.32 Å². The van der Waals surface area contributed by atoms with E-state index < -0.39 is 0 Å². The van der Waals surface area contributed by atoms with Crippen LogP contribution in [0.2, 0.25) is 0 Å². The van der Waals surface area contributed by atoms with E-state index in [2.05, 4.69) is 41.9 Å². The Kier molecular flexibility index (Phi) is 5.31. The predicted octanol–water partition coefficient (Wildman–Crippen LogP) is 3.71. The number of hydrogen-bond donors (Lipinski definition) is 1. The zero-order valence-corrected chi connectivity index (χ0v) is 12.2. The average Bonchev–Trinajstić information content (AvgIpc) is 2.47. The molecule has 2 rings (SSSR count). The molecule has 0 heterocycles. The van der Waals surface area contributed by atoms with Crippen molar-refractivity contribution >= 4 is 11.8 Å². The summed E-state index contributed by atoms with van der Waals surface area (Å²) in [5.41, 5.74) is 2.48. The molecule has 0 saturated carbocycles. The van der Waals surface area contributed by atoms with Gasteiger partial charge < -0.3 is 10.1 Å². The van der Waals surface area contributed by atoms with Crippen LogP contribution in [0.4, 0.5) is 0 Å². The van der Waals surface area contributed by atoms with Crippen molar-refractivity contribution in [3.63, 3.8) is 0 Å². The Bertz CT molecular complexity index is 510. The van der Waals surface area contributed by atoms with E-state index in [1.807, 2.05) is 25.2 Å². The molecule has 0 spiro atoms. The Morgan fingerprint density at radius 1 is 1.00 bits per heavy atom. The van der Waals surface area contributed by atoms with Crippen molar-refractivity contribution in [3.05, 3.63) is 59.7 Å². The van der Waals surface area contributed by atoms with E-state index in [4.69, 9.17) is 4.74 Å². The molecular formula is C16H19NOS. The summed E-state index contributed by atoms with van der Waals surface area (Å²) in [4.78, 5) is 1.18. The van der Waals surface area contributed by atoms with Crippen LogP contribution in [0.25, 0.3) is 0 Å². The standard InChI is InChI=1S/C16H19NOS/c1-17-11-13-7-9-14(10-8-13)12-18-15-5-3-4-6-16(15)19-2/h3-10,17H,11-12H2,1-2H3. The van der Waals surface area contributed by atoms with Crippen LogP contribution in [0, 0.1) is 0 Å². The molecule has 2 aromatic rings. The maximum Gasteiger partial charge on any atom is 0.133 e. The Balaban J connectivity index is 1.98. The predicted molar refractivity (Wildman–Crippen MR) is 81.8 cm³/mol. The van der Waals surface area contributed by atoms with Crippen molar-refractivity contribution in [3.8, 4) is 5.75 Å². The fourth-order valence-electron chi connectivity index (χ4n) is 1.86. The van der Waals surface area contributed by atoms with Crippen molar-refractivity contribution in [2.24, 2.45) is 0 Å². The van der Waals surface area contributed by atoms with Crippen LogP contribution < -0.4 is 10.1 Å². The minimum Gasteiger partial charge on any atom is -0.488 e. The molecule has 0 radical (unpaired) electrons. The van der Waals surface area contributed by atoms with Gasteiger partial charge in [-0.1, -0.05) is 36.4 Å². The highest BCUT2D eigenvalue weighted by Crippen LogP contribution is 2.27. The van der Waals surface area contributed by atoms with Crippen molar-refractivity contribution in [2.75, 3.05) is 13.3 Å². The molecule has 0 amide bonds. The number of thioether (sulfide) groups is 1. The molecule has 0 aliphatic heterocycles. The van der Waals surface area contributed by atoms with Gasteiger partial charge >= 0.3 is 0 Å². The zero-order valence-electron chi connectivity index (χ0n) is 11.3. The second-order valence-electron chi connectivity index (χ2n) is 4.29. The third-order valence-corrected chi connectivity index (χ3v) is 3.64. The van der Waals surface area contributed by atoms with E-state index >= 15 is 0 Å². The van der Waals surface area contributed by atoms with E-state index in [1.54, 1.807) is 11.8 Å². The van der Waals surface area contributed by atoms with Gasteiger partial charge in [-0.3, -0.25) is 0 Å². The second-order valence-corrected chi connectivity index (χ2v) is 5.13. The van der Waals surface area contributed by atoms with E-state index in [1.165, 1.54) is 16.0 Å². The smallest absolute Gasteiger partial charge is 0.133 e. The SMILES string of the molecule is CNCc1ccc(COc2ccccc2SC)cc1. The van der Waals surface area contributed by atoms with Gasteiger partial charge in [0.25, 0.3) is 0 Å². The number of nitrogens with one attached hydrogen (secondary N) is 1. The molecule has 1 N–H and O–H groups in total. The highest BCUT2D eigenvalue weighted by Gasteiger charge is 2.02. The lowest BCUT2D eigenvalue weighted by molar-refractivity contribution is 0.299. The van der Waals surface area contributed by atoms with Crippen LogP contribution in [0.3, 0.4) is 0 Å². The molecule has 0 saturated heterocycles. The first-order valence-corrected chi connectivity index (χ1v) is 7.54. The van der Waals surface area contributed by atoms with Crippen LogP contribution in [0.15, 0.2) is 53.4 Å². The van der Waals surface area contributed by atoms with Gasteiger partial charge in [0, 0.05) is 11.4 Å². The van der Waals surface area contributed by atoms with Gasteiger partial charge in [-0.05, 0) is 36.6 Å². The minimum absolute atomic E-state index is 0.609. The van der Waals surface area contributed by atoms with E-state index in [0.29, 0.717) is 6.61 Å². The fraction of sp³-hybridized carbons (Fsp3) is 0.250. The largest absolute Gasteiger partial charge is 0.488 e. The summed E-state index contributed by atoms with van der Waals surface area (Å²) < 4.78 is 5.88. The van der Waals surface area contributed by atoms with Gasteiger partial charge in [-0.15, -0.1) is 11.8 Å². The fourth-order valence-corrected chi connectivity index (χ4v) is 2.40. The molecule has 0 aromatic heterocycles. The van der Waals surface area contributed by atoms with Gasteiger partial charge in [-0.2, -0.15) is 0 Å². The first-order chi connectivity index (χ1) is 9.33. The average molecular weight is 273 g/mol. The van der Waals surface area contributed by atoms with Crippen molar-refractivity contribution in [1.29, 1.82) is 0 Å². The Morgan fingerprint density at radius 3 is 2.37 bits per heavy atom. The van der Waals surface area contributed by atoms with Crippen LogP contribution >= 0.6 is 11.8 Å². The maximum absolute atomic E-state index is 5.88. The van der Waals surface area contributed by atoms with Gasteiger partial charge in [0.2, 0.25) is 0 Å². The lowest BCUT2D eigenvalue weighted by Crippen LogP contribution is -2.05. The summed E-state index contributed by atoms with van der Waals surface area (Å²) >= 11 is 1.71. The van der Waals surface area contributed by atoms with Crippen LogP contribution in [0.1, 0.15) is 11.1 Å². The van der Waals surface area contributed by atoms with Gasteiger partial charge in [0.15, 0.2) is 0 Å². The molecule has 3 heteroatoms. The first kappa shape index (κ1) is 14.0. The lowest BCUT2D eigenvalue weighted by atomic mass is 10.1. The Labute approximate surface area is 119 Å². The maximum atomic E-state index is 5.88. The molecule has 19 heavy (non-hydrogen) atoms. The number of rotatable bonds is 6. The molecular weight excluding hydrogens is 254 g/mol. The summed E-state index contributed by atoms with van der Waals surface area (Å²) in [5.74, 6) is 0.953. The number of para-hydroxylation sites is 1. The van der Waals surface area contributed by atoms with Crippen LogP contribution in [-0.4, -0.2) is 13.3 Å². The van der Waals surface area contributed by atoms with Crippen molar-refractivity contribution < 1.29 is 4.74 Å². The van der Waals surface area contributed by atoms with E-state index in [-0.39, 0.29) is 0 Å². The molecule has 0 unspecified atom stereocenters. The highest BCUT2D eigenvalue weighted by atomic mass is 32.2. The molecule has 2 aromatic carbocycles. The van der Waals surface area contributed by atoms with Crippen LogP contribution in [-0.2, 0) is 13.2 Å². The lowest BCUT2D eigenvalue weighted by Gasteiger charge is -2.10. The molecule has 0 fully saturated rings.